The van der Waals surface area contributed by atoms with Crippen molar-refractivity contribution in [3.63, 3.8) is 0 Å². The fraction of sp³-hybridized carbons (Fsp3) is 0.345. The van der Waals surface area contributed by atoms with Crippen molar-refractivity contribution in [2.75, 3.05) is 17.2 Å². The zero-order chi connectivity index (χ0) is 29.9. The van der Waals surface area contributed by atoms with Crippen LogP contribution in [0.3, 0.4) is 0 Å². The van der Waals surface area contributed by atoms with Gasteiger partial charge in [-0.25, -0.2) is 0 Å². The van der Waals surface area contributed by atoms with E-state index in [1.165, 1.54) is 23.7 Å². The van der Waals surface area contributed by atoms with Gasteiger partial charge < -0.3 is 16.1 Å². The van der Waals surface area contributed by atoms with Crippen LogP contribution in [0.25, 0.3) is 21.0 Å². The number of pyridine rings is 2. The van der Waals surface area contributed by atoms with Crippen molar-refractivity contribution < 1.29 is 13.2 Å². The maximum absolute atomic E-state index is 13.9. The number of benzene rings is 1. The zero-order valence-corrected chi connectivity index (χ0v) is 24.6. The Labute approximate surface area is 249 Å². The van der Waals surface area contributed by atoms with E-state index >= 15 is 0 Å². The summed E-state index contributed by atoms with van der Waals surface area (Å²) in [4.78, 5) is 8.65. The number of nitrogens with zero attached hydrogens (tertiary/aromatic N) is 4. The Kier molecular flexibility index (Phi) is 6.87. The van der Waals surface area contributed by atoms with Crippen LogP contribution < -0.4 is 21.6 Å². The molecule has 0 amide bonds. The van der Waals surface area contributed by atoms with Crippen LogP contribution in [-0.2, 0) is 0 Å². The predicted octanol–water partition coefficient (Wildman–Crippen LogP) is 7.24. The molecule has 42 heavy (non-hydrogen) atoms. The normalized spacial score (nSPS) is 17.1. The molecule has 0 unspecified atom stereocenters. The standard InChI is InChI=1S/C29H28ClF3N8S/c1-27(2,3)15-37-24-16(10-34)11-36-25-19(24)8-17(9-21(25)30)38-26(20-14-42-23-12-35-7-4-18(20)23)22-13-41(40-39-22)28(5-6-28)29(31,32)33/h4,7-9,11-14,26,38-40H,5-6,15H2,1-3H3,(H,36,37)/t26-/m0/s1. The minimum absolute atomic E-state index is 0.0129. The second-order valence-corrected chi connectivity index (χ2v) is 13.1. The van der Waals surface area contributed by atoms with E-state index in [4.69, 9.17) is 11.6 Å². The molecular weight excluding hydrogens is 585 g/mol. The number of rotatable bonds is 7. The van der Waals surface area contributed by atoms with Gasteiger partial charge in [0.05, 0.1) is 38.2 Å². The number of nitriles is 1. The molecule has 4 heterocycles. The highest BCUT2D eigenvalue weighted by Crippen LogP contribution is 2.54. The lowest BCUT2D eigenvalue weighted by Gasteiger charge is -2.28. The van der Waals surface area contributed by atoms with Crippen molar-refractivity contribution >= 4 is 55.3 Å². The molecule has 1 saturated carbocycles. The molecular formula is C29H28ClF3N8S. The number of halogens is 4. The summed E-state index contributed by atoms with van der Waals surface area (Å²) in [6, 6.07) is 7.12. The van der Waals surface area contributed by atoms with Crippen LogP contribution in [0.15, 0.2) is 54.1 Å². The molecule has 1 aliphatic carbocycles. The summed E-state index contributed by atoms with van der Waals surface area (Å²) in [6.45, 7) is 6.87. The Hall–Kier alpha value is -3.79. The number of fused-ring (bicyclic) bond motifs is 2. The Balaban J connectivity index is 1.44. The summed E-state index contributed by atoms with van der Waals surface area (Å²) in [5.41, 5.74) is 7.24. The average molecular weight is 613 g/mol. The van der Waals surface area contributed by atoms with Gasteiger partial charge in [0.2, 0.25) is 0 Å². The third kappa shape index (κ3) is 5.06. The molecule has 1 aliphatic heterocycles. The van der Waals surface area contributed by atoms with Gasteiger partial charge in [-0.15, -0.1) is 16.9 Å². The number of hydrogen-bond acceptors (Lipinski definition) is 9. The summed E-state index contributed by atoms with van der Waals surface area (Å²) >= 11 is 8.23. The Morgan fingerprint density at radius 2 is 2.00 bits per heavy atom. The summed E-state index contributed by atoms with van der Waals surface area (Å²) in [5.74, 6) is 0. The topological polar surface area (TPSA) is 101 Å². The number of hydrazine groups is 2. The van der Waals surface area contributed by atoms with Crippen molar-refractivity contribution in [1.82, 2.24) is 25.9 Å². The molecule has 1 atom stereocenters. The van der Waals surface area contributed by atoms with Gasteiger partial charge in [0, 0.05) is 47.8 Å². The van der Waals surface area contributed by atoms with Crippen molar-refractivity contribution in [1.29, 1.82) is 5.26 Å². The highest BCUT2D eigenvalue weighted by Gasteiger charge is 2.67. The second kappa shape index (κ2) is 10.2. The first kappa shape index (κ1) is 28.3. The number of thiophene rings is 1. The molecule has 13 heteroatoms. The van der Waals surface area contributed by atoms with Crippen LogP contribution in [0.1, 0.15) is 50.8 Å². The van der Waals surface area contributed by atoms with E-state index in [-0.39, 0.29) is 18.3 Å². The fourth-order valence-corrected chi connectivity index (χ4v) is 6.29. The smallest absolute Gasteiger partial charge is 0.383 e. The third-order valence-corrected chi connectivity index (χ3v) is 8.72. The van der Waals surface area contributed by atoms with Crippen molar-refractivity contribution in [3.05, 3.63) is 70.2 Å². The quantitative estimate of drug-likeness (QED) is 0.173. The van der Waals surface area contributed by atoms with Crippen molar-refractivity contribution in [3.8, 4) is 6.07 Å². The van der Waals surface area contributed by atoms with Crippen LogP contribution in [0.2, 0.25) is 5.02 Å². The van der Waals surface area contributed by atoms with Crippen LogP contribution in [0.5, 0.6) is 0 Å². The van der Waals surface area contributed by atoms with Crippen LogP contribution in [0.4, 0.5) is 24.5 Å². The van der Waals surface area contributed by atoms with E-state index in [9.17, 15) is 18.4 Å². The number of anilines is 2. The largest absolute Gasteiger partial charge is 0.413 e. The molecule has 0 radical (unpaired) electrons. The van der Waals surface area contributed by atoms with E-state index in [1.54, 1.807) is 18.5 Å². The van der Waals surface area contributed by atoms with E-state index in [2.05, 4.69) is 58.4 Å². The van der Waals surface area contributed by atoms with Gasteiger partial charge in [0.25, 0.3) is 0 Å². The average Bonchev–Trinajstić information content (AvgIpc) is 3.43. The summed E-state index contributed by atoms with van der Waals surface area (Å²) in [6.07, 6.45) is 2.08. The number of alkyl halides is 3. The Morgan fingerprint density at radius 1 is 1.21 bits per heavy atom. The van der Waals surface area contributed by atoms with Gasteiger partial charge in [0.15, 0.2) is 5.54 Å². The highest BCUT2D eigenvalue weighted by atomic mass is 35.5. The monoisotopic (exact) mass is 612 g/mol. The van der Waals surface area contributed by atoms with Gasteiger partial charge in [-0.3, -0.25) is 15.0 Å². The maximum atomic E-state index is 13.9. The van der Waals surface area contributed by atoms with Crippen molar-refractivity contribution in [2.45, 2.75) is 51.4 Å². The number of aromatic nitrogens is 2. The van der Waals surface area contributed by atoms with Gasteiger partial charge in [-0.1, -0.05) is 32.4 Å². The third-order valence-electron chi connectivity index (χ3n) is 7.48. The van der Waals surface area contributed by atoms with Crippen LogP contribution in [0, 0.1) is 16.7 Å². The van der Waals surface area contributed by atoms with E-state index in [1.807, 2.05) is 17.5 Å². The van der Waals surface area contributed by atoms with Gasteiger partial charge in [-0.05, 0) is 47.4 Å². The lowest BCUT2D eigenvalue weighted by Crippen LogP contribution is -2.52. The summed E-state index contributed by atoms with van der Waals surface area (Å²) in [5, 5.41) is 21.8. The van der Waals surface area contributed by atoms with Crippen molar-refractivity contribution in [2.24, 2.45) is 5.41 Å². The molecule has 3 aromatic heterocycles. The Morgan fingerprint density at radius 3 is 2.69 bits per heavy atom. The van der Waals surface area contributed by atoms with Gasteiger partial charge in [-0.2, -0.15) is 18.4 Å². The fourth-order valence-electron chi connectivity index (χ4n) is 5.07. The molecule has 4 N–H and O–H groups in total. The minimum Gasteiger partial charge on any atom is -0.383 e. The predicted molar refractivity (Wildman–Crippen MR) is 160 cm³/mol. The molecule has 1 fully saturated rings. The molecule has 0 bridgehead atoms. The molecule has 1 aromatic carbocycles. The van der Waals surface area contributed by atoms with Crippen LogP contribution >= 0.6 is 22.9 Å². The Bertz CT molecular complexity index is 1750. The highest BCUT2D eigenvalue weighted by molar-refractivity contribution is 7.17. The zero-order valence-electron chi connectivity index (χ0n) is 23.0. The first-order valence-corrected chi connectivity index (χ1v) is 14.6. The number of hydrogen-bond donors (Lipinski definition) is 4. The molecule has 0 saturated heterocycles. The van der Waals surface area contributed by atoms with Gasteiger partial charge in [0.1, 0.15) is 6.07 Å². The van der Waals surface area contributed by atoms with Crippen LogP contribution in [-0.4, -0.2) is 33.2 Å². The molecule has 6 rings (SSSR count). The van der Waals surface area contributed by atoms with Gasteiger partial charge >= 0.3 is 6.18 Å². The van der Waals surface area contributed by atoms with E-state index < -0.39 is 17.8 Å². The maximum Gasteiger partial charge on any atom is 0.413 e. The second-order valence-electron chi connectivity index (χ2n) is 11.8. The molecule has 8 nitrogen and oxygen atoms in total. The first-order chi connectivity index (χ1) is 19.9. The molecule has 2 aliphatic rings. The SMILES string of the molecule is CC(C)(C)CNc1c(C#N)cnc2c(Cl)cc(N[C@H](C3=CN(C4(C(F)(F)F)CC4)NN3)c3csc4cnccc34)cc12. The van der Waals surface area contributed by atoms with E-state index in [0.717, 1.165) is 20.7 Å². The molecule has 218 valence electrons. The summed E-state index contributed by atoms with van der Waals surface area (Å²) in [7, 11) is 0. The summed E-state index contributed by atoms with van der Waals surface area (Å²) < 4.78 is 42.7. The molecule has 4 aromatic rings. The lowest BCUT2D eigenvalue weighted by molar-refractivity contribution is -0.195. The first-order valence-electron chi connectivity index (χ1n) is 13.3. The number of nitrogens with one attached hydrogen (secondary N) is 4. The minimum atomic E-state index is -4.38. The lowest BCUT2D eigenvalue weighted by atomic mass is 9.96. The molecule has 0 spiro atoms. The van der Waals surface area contributed by atoms with E-state index in [0.29, 0.717) is 45.1 Å².